The van der Waals surface area contributed by atoms with Crippen LogP contribution in [0.1, 0.15) is 25.7 Å². The standard InChI is InChI=1S/C14H18ClNO3/c15-11-3-1-4-12(9-11)19-8-5-13(17)16-10-14(18)6-2-7-14/h1,3-4,9,18H,2,5-8,10H2,(H,16,17). The zero-order chi connectivity index (χ0) is 13.7. The van der Waals surface area contributed by atoms with Gasteiger partial charge in [0.25, 0.3) is 0 Å². The molecule has 1 aromatic carbocycles. The number of carbonyl (C=O) groups is 1. The molecule has 0 saturated heterocycles. The Bertz CT molecular complexity index is 446. The van der Waals surface area contributed by atoms with Crippen molar-refractivity contribution in [2.75, 3.05) is 13.2 Å². The quantitative estimate of drug-likeness (QED) is 0.841. The first-order chi connectivity index (χ1) is 9.07. The third kappa shape index (κ3) is 4.40. The summed E-state index contributed by atoms with van der Waals surface area (Å²) in [5, 5.41) is 13.2. The number of aliphatic hydroxyl groups is 1. The molecule has 0 aliphatic heterocycles. The Morgan fingerprint density at radius 1 is 1.47 bits per heavy atom. The molecule has 0 heterocycles. The molecule has 1 aliphatic rings. The van der Waals surface area contributed by atoms with E-state index in [1.165, 1.54) is 0 Å². The van der Waals surface area contributed by atoms with E-state index in [2.05, 4.69) is 5.32 Å². The smallest absolute Gasteiger partial charge is 0.223 e. The van der Waals surface area contributed by atoms with E-state index in [0.29, 0.717) is 23.9 Å². The molecule has 0 aromatic heterocycles. The van der Waals surface area contributed by atoms with Crippen molar-refractivity contribution in [2.24, 2.45) is 0 Å². The van der Waals surface area contributed by atoms with E-state index in [9.17, 15) is 9.90 Å². The van der Waals surface area contributed by atoms with Crippen molar-refractivity contribution in [1.29, 1.82) is 0 Å². The normalized spacial score (nSPS) is 16.5. The second kappa shape index (κ2) is 6.26. The first kappa shape index (κ1) is 14.2. The molecule has 0 bridgehead atoms. The van der Waals surface area contributed by atoms with E-state index in [-0.39, 0.29) is 12.3 Å². The first-order valence-corrected chi connectivity index (χ1v) is 6.83. The van der Waals surface area contributed by atoms with Crippen LogP contribution in [-0.4, -0.2) is 29.8 Å². The van der Waals surface area contributed by atoms with Crippen LogP contribution in [0.5, 0.6) is 5.75 Å². The third-order valence-electron chi connectivity index (χ3n) is 3.29. The van der Waals surface area contributed by atoms with Crippen molar-refractivity contribution in [3.63, 3.8) is 0 Å². The van der Waals surface area contributed by atoms with Gasteiger partial charge in [-0.3, -0.25) is 4.79 Å². The predicted octanol–water partition coefficient (Wildman–Crippen LogP) is 2.14. The molecule has 2 N–H and O–H groups in total. The number of halogens is 1. The lowest BCUT2D eigenvalue weighted by molar-refractivity contribution is -0.124. The van der Waals surface area contributed by atoms with Gasteiger partial charge in [-0.05, 0) is 37.5 Å². The summed E-state index contributed by atoms with van der Waals surface area (Å²) in [6.07, 6.45) is 2.84. The summed E-state index contributed by atoms with van der Waals surface area (Å²) in [5.74, 6) is 0.542. The second-order valence-corrected chi connectivity index (χ2v) is 5.35. The Balaban J connectivity index is 1.63. The highest BCUT2D eigenvalue weighted by Crippen LogP contribution is 2.30. The molecule has 1 aliphatic carbocycles. The van der Waals surface area contributed by atoms with Gasteiger partial charge in [0.15, 0.2) is 0 Å². The molecule has 0 atom stereocenters. The second-order valence-electron chi connectivity index (χ2n) is 4.91. The van der Waals surface area contributed by atoms with E-state index < -0.39 is 5.60 Å². The molecule has 1 saturated carbocycles. The van der Waals surface area contributed by atoms with Crippen LogP contribution >= 0.6 is 11.6 Å². The first-order valence-electron chi connectivity index (χ1n) is 6.45. The van der Waals surface area contributed by atoms with Gasteiger partial charge in [0.1, 0.15) is 5.75 Å². The summed E-state index contributed by atoms with van der Waals surface area (Å²) in [4.78, 5) is 11.6. The van der Waals surface area contributed by atoms with Crippen molar-refractivity contribution in [3.05, 3.63) is 29.3 Å². The number of hydrogen-bond acceptors (Lipinski definition) is 3. The number of amides is 1. The summed E-state index contributed by atoms with van der Waals surface area (Å²) in [6, 6.07) is 7.06. The monoisotopic (exact) mass is 283 g/mol. The van der Waals surface area contributed by atoms with Gasteiger partial charge < -0.3 is 15.2 Å². The van der Waals surface area contributed by atoms with Crippen LogP contribution in [0.3, 0.4) is 0 Å². The van der Waals surface area contributed by atoms with E-state index in [0.717, 1.165) is 19.3 Å². The number of benzene rings is 1. The lowest BCUT2D eigenvalue weighted by Gasteiger charge is -2.36. The number of rotatable bonds is 6. The number of nitrogens with one attached hydrogen (secondary N) is 1. The largest absolute Gasteiger partial charge is 0.493 e. The minimum atomic E-state index is -0.677. The summed E-state index contributed by atoms with van der Waals surface area (Å²) in [7, 11) is 0. The number of ether oxygens (including phenoxy) is 1. The summed E-state index contributed by atoms with van der Waals surface area (Å²) in [5.41, 5.74) is -0.677. The molecule has 0 unspecified atom stereocenters. The van der Waals surface area contributed by atoms with Crippen LogP contribution < -0.4 is 10.1 Å². The number of hydrogen-bond donors (Lipinski definition) is 2. The van der Waals surface area contributed by atoms with Gasteiger partial charge >= 0.3 is 0 Å². The maximum absolute atomic E-state index is 11.6. The lowest BCUT2D eigenvalue weighted by Crippen LogP contribution is -2.47. The molecular formula is C14H18ClNO3. The molecular weight excluding hydrogens is 266 g/mol. The summed E-state index contributed by atoms with van der Waals surface area (Å²) >= 11 is 5.82. The highest BCUT2D eigenvalue weighted by molar-refractivity contribution is 6.30. The average Bonchev–Trinajstić information content (AvgIpc) is 2.34. The molecule has 4 nitrogen and oxygen atoms in total. The lowest BCUT2D eigenvalue weighted by atomic mass is 9.80. The Hall–Kier alpha value is -1.26. The van der Waals surface area contributed by atoms with E-state index in [4.69, 9.17) is 16.3 Å². The van der Waals surface area contributed by atoms with Gasteiger partial charge in [-0.15, -0.1) is 0 Å². The molecule has 19 heavy (non-hydrogen) atoms. The van der Waals surface area contributed by atoms with Gasteiger partial charge in [-0.2, -0.15) is 0 Å². The maximum atomic E-state index is 11.6. The van der Waals surface area contributed by atoms with E-state index in [1.807, 2.05) is 0 Å². The van der Waals surface area contributed by atoms with Crippen LogP contribution in [0, 0.1) is 0 Å². The fourth-order valence-corrected chi connectivity index (χ4v) is 2.11. The van der Waals surface area contributed by atoms with Crippen LogP contribution in [0.2, 0.25) is 5.02 Å². The predicted molar refractivity (Wildman–Crippen MR) is 73.4 cm³/mol. The van der Waals surface area contributed by atoms with Crippen molar-refractivity contribution >= 4 is 17.5 Å². The van der Waals surface area contributed by atoms with Gasteiger partial charge in [0, 0.05) is 11.6 Å². The minimum Gasteiger partial charge on any atom is -0.493 e. The van der Waals surface area contributed by atoms with E-state index in [1.54, 1.807) is 24.3 Å². The fraction of sp³-hybridized carbons (Fsp3) is 0.500. The molecule has 5 heteroatoms. The Kier molecular flexibility index (Phi) is 4.66. The zero-order valence-corrected chi connectivity index (χ0v) is 11.4. The molecule has 1 aromatic rings. The molecule has 1 fully saturated rings. The fourth-order valence-electron chi connectivity index (χ4n) is 1.93. The summed E-state index contributed by atoms with van der Waals surface area (Å²) < 4.78 is 5.42. The van der Waals surface area contributed by atoms with E-state index >= 15 is 0 Å². The Morgan fingerprint density at radius 2 is 2.26 bits per heavy atom. The van der Waals surface area contributed by atoms with Crippen molar-refractivity contribution < 1.29 is 14.6 Å². The van der Waals surface area contributed by atoms with Crippen LogP contribution in [0.4, 0.5) is 0 Å². The zero-order valence-electron chi connectivity index (χ0n) is 10.7. The molecule has 1 amide bonds. The summed E-state index contributed by atoms with van der Waals surface area (Å²) in [6.45, 7) is 0.633. The van der Waals surface area contributed by atoms with Crippen molar-refractivity contribution in [3.8, 4) is 5.75 Å². The average molecular weight is 284 g/mol. The highest BCUT2D eigenvalue weighted by Gasteiger charge is 2.34. The van der Waals surface area contributed by atoms with Crippen molar-refractivity contribution in [1.82, 2.24) is 5.32 Å². The van der Waals surface area contributed by atoms with Crippen molar-refractivity contribution in [2.45, 2.75) is 31.3 Å². The number of carbonyl (C=O) groups excluding carboxylic acids is 1. The SMILES string of the molecule is O=C(CCOc1cccc(Cl)c1)NCC1(O)CCC1. The Labute approximate surface area is 117 Å². The van der Waals surface area contributed by atoms with Crippen LogP contribution in [0.15, 0.2) is 24.3 Å². The topological polar surface area (TPSA) is 58.6 Å². The highest BCUT2D eigenvalue weighted by atomic mass is 35.5. The molecule has 0 radical (unpaired) electrons. The third-order valence-corrected chi connectivity index (χ3v) is 3.53. The Morgan fingerprint density at radius 3 is 2.89 bits per heavy atom. The molecule has 104 valence electrons. The molecule has 2 rings (SSSR count). The van der Waals surface area contributed by atoms with Crippen LogP contribution in [-0.2, 0) is 4.79 Å². The van der Waals surface area contributed by atoms with Gasteiger partial charge in [0.05, 0.1) is 18.6 Å². The van der Waals surface area contributed by atoms with Crippen LogP contribution in [0.25, 0.3) is 0 Å². The van der Waals surface area contributed by atoms with Gasteiger partial charge in [-0.25, -0.2) is 0 Å². The maximum Gasteiger partial charge on any atom is 0.223 e. The van der Waals surface area contributed by atoms with Gasteiger partial charge in [0.2, 0.25) is 5.91 Å². The molecule has 0 spiro atoms. The van der Waals surface area contributed by atoms with Gasteiger partial charge in [-0.1, -0.05) is 17.7 Å². The minimum absolute atomic E-state index is 0.109.